The van der Waals surface area contributed by atoms with Gasteiger partial charge in [0, 0.05) is 19.4 Å². The zero-order chi connectivity index (χ0) is 17.5. The zero-order valence-electron chi connectivity index (χ0n) is 14.5. The Balaban J connectivity index is 2.11. The monoisotopic (exact) mass is 331 g/mol. The molecule has 0 aliphatic rings. The first-order valence-electron chi connectivity index (χ1n) is 8.41. The first-order chi connectivity index (χ1) is 11.5. The van der Waals surface area contributed by atoms with Gasteiger partial charge in [0.2, 0.25) is 5.91 Å². The standard InChI is InChI=1S/C18H25N3O3/c1-4-17(22)19-11-7-10-16-20-14-8-5-6-9-15(14)21(16)12-18(23)24-13(2)3/h5-6,8-9,13H,4,7,10-12H2,1-3H3,(H,19,22). The van der Waals surface area contributed by atoms with Gasteiger partial charge in [-0.3, -0.25) is 9.59 Å². The number of aryl methyl sites for hydroxylation is 1. The topological polar surface area (TPSA) is 73.2 Å². The highest BCUT2D eigenvalue weighted by atomic mass is 16.5. The summed E-state index contributed by atoms with van der Waals surface area (Å²) in [5.74, 6) is 0.611. The van der Waals surface area contributed by atoms with Crippen molar-refractivity contribution >= 4 is 22.9 Å². The number of aromatic nitrogens is 2. The van der Waals surface area contributed by atoms with E-state index in [0.717, 1.165) is 23.3 Å². The van der Waals surface area contributed by atoms with E-state index in [-0.39, 0.29) is 24.5 Å². The lowest BCUT2D eigenvalue weighted by atomic mass is 10.3. The average Bonchev–Trinajstić information content (AvgIpc) is 2.88. The van der Waals surface area contributed by atoms with Gasteiger partial charge in [-0.25, -0.2) is 4.98 Å². The maximum atomic E-state index is 12.0. The zero-order valence-corrected chi connectivity index (χ0v) is 14.5. The van der Waals surface area contributed by atoms with E-state index >= 15 is 0 Å². The van der Waals surface area contributed by atoms with Gasteiger partial charge in [-0.05, 0) is 32.4 Å². The van der Waals surface area contributed by atoms with Crippen LogP contribution in [0.15, 0.2) is 24.3 Å². The normalized spacial score (nSPS) is 11.0. The third-order valence-electron chi connectivity index (χ3n) is 3.61. The number of ether oxygens (including phenoxy) is 1. The Morgan fingerprint density at radius 2 is 2.04 bits per heavy atom. The number of hydrogen-bond donors (Lipinski definition) is 1. The first kappa shape index (κ1) is 18.0. The predicted octanol–water partition coefficient (Wildman–Crippen LogP) is 2.45. The quantitative estimate of drug-likeness (QED) is 0.596. The highest BCUT2D eigenvalue weighted by molar-refractivity contribution is 5.79. The van der Waals surface area contributed by atoms with E-state index in [9.17, 15) is 9.59 Å². The van der Waals surface area contributed by atoms with Crippen LogP contribution in [0.25, 0.3) is 11.0 Å². The number of hydrogen-bond acceptors (Lipinski definition) is 4. The fraction of sp³-hybridized carbons (Fsp3) is 0.500. The molecule has 0 radical (unpaired) electrons. The van der Waals surface area contributed by atoms with E-state index in [4.69, 9.17) is 4.74 Å². The maximum Gasteiger partial charge on any atom is 0.326 e. The lowest BCUT2D eigenvalue weighted by Crippen LogP contribution is -2.24. The summed E-state index contributed by atoms with van der Waals surface area (Å²) in [6.07, 6.45) is 1.81. The van der Waals surface area contributed by atoms with Gasteiger partial charge in [0.25, 0.3) is 0 Å². The minimum atomic E-state index is -0.270. The fourth-order valence-electron chi connectivity index (χ4n) is 2.52. The van der Waals surface area contributed by atoms with Crippen LogP contribution >= 0.6 is 0 Å². The molecule has 2 rings (SSSR count). The highest BCUT2D eigenvalue weighted by Crippen LogP contribution is 2.17. The first-order valence-corrected chi connectivity index (χ1v) is 8.41. The average molecular weight is 331 g/mol. The molecule has 24 heavy (non-hydrogen) atoms. The number of amides is 1. The van der Waals surface area contributed by atoms with Crippen molar-refractivity contribution in [2.75, 3.05) is 6.54 Å². The number of benzene rings is 1. The second-order valence-electron chi connectivity index (χ2n) is 5.95. The Bertz CT molecular complexity index is 707. The maximum absolute atomic E-state index is 12.0. The van der Waals surface area contributed by atoms with Gasteiger partial charge in [-0.2, -0.15) is 0 Å². The van der Waals surface area contributed by atoms with E-state index in [1.165, 1.54) is 0 Å². The van der Waals surface area contributed by atoms with Crippen LogP contribution in [-0.4, -0.2) is 34.1 Å². The van der Waals surface area contributed by atoms with E-state index in [1.54, 1.807) is 0 Å². The molecule has 0 saturated heterocycles. The Labute approximate surface area is 142 Å². The molecule has 1 aromatic heterocycles. The van der Waals surface area contributed by atoms with Crippen LogP contribution in [0.1, 0.15) is 39.4 Å². The number of fused-ring (bicyclic) bond motifs is 1. The fourth-order valence-corrected chi connectivity index (χ4v) is 2.52. The summed E-state index contributed by atoms with van der Waals surface area (Å²) in [7, 11) is 0. The summed E-state index contributed by atoms with van der Waals surface area (Å²) in [5, 5.41) is 2.86. The molecular weight excluding hydrogens is 306 g/mol. The number of imidazole rings is 1. The molecule has 130 valence electrons. The molecule has 2 aromatic rings. The Morgan fingerprint density at radius 3 is 2.75 bits per heavy atom. The van der Waals surface area contributed by atoms with Crippen LogP contribution < -0.4 is 5.32 Å². The van der Waals surface area contributed by atoms with Crippen molar-refractivity contribution in [1.29, 1.82) is 0 Å². The van der Waals surface area contributed by atoms with Gasteiger partial charge in [-0.1, -0.05) is 19.1 Å². The predicted molar refractivity (Wildman–Crippen MR) is 92.6 cm³/mol. The van der Waals surface area contributed by atoms with Gasteiger partial charge >= 0.3 is 5.97 Å². The molecule has 1 N–H and O–H groups in total. The Hall–Kier alpha value is -2.37. The number of esters is 1. The molecule has 1 amide bonds. The molecule has 6 nitrogen and oxygen atoms in total. The third-order valence-corrected chi connectivity index (χ3v) is 3.61. The van der Waals surface area contributed by atoms with Gasteiger partial charge < -0.3 is 14.6 Å². The van der Waals surface area contributed by atoms with Crippen LogP contribution in [0.3, 0.4) is 0 Å². The van der Waals surface area contributed by atoms with Crippen LogP contribution in [0, 0.1) is 0 Å². The largest absolute Gasteiger partial charge is 0.462 e. The van der Waals surface area contributed by atoms with Crippen molar-refractivity contribution in [2.24, 2.45) is 0 Å². The van der Waals surface area contributed by atoms with Crippen molar-refractivity contribution in [2.45, 2.75) is 52.7 Å². The van der Waals surface area contributed by atoms with Gasteiger partial charge in [0.15, 0.2) is 0 Å². The van der Waals surface area contributed by atoms with E-state index in [1.807, 2.05) is 49.6 Å². The minimum absolute atomic E-state index is 0.0454. The molecule has 0 aliphatic heterocycles. The van der Waals surface area contributed by atoms with Gasteiger partial charge in [0.05, 0.1) is 17.1 Å². The number of carbonyl (C=O) groups is 2. The van der Waals surface area contributed by atoms with Gasteiger partial charge in [-0.15, -0.1) is 0 Å². The molecule has 0 unspecified atom stereocenters. The molecule has 0 saturated carbocycles. The number of rotatable bonds is 8. The van der Waals surface area contributed by atoms with E-state index in [2.05, 4.69) is 10.3 Å². The number of nitrogens with zero attached hydrogens (tertiary/aromatic N) is 2. The third kappa shape index (κ3) is 4.81. The molecule has 0 fully saturated rings. The molecule has 1 aromatic carbocycles. The summed E-state index contributed by atoms with van der Waals surface area (Å²) >= 11 is 0. The van der Waals surface area contributed by atoms with E-state index < -0.39 is 0 Å². The van der Waals surface area contributed by atoms with Crippen molar-refractivity contribution in [3.05, 3.63) is 30.1 Å². The van der Waals surface area contributed by atoms with Crippen molar-refractivity contribution in [3.63, 3.8) is 0 Å². The lowest BCUT2D eigenvalue weighted by molar-refractivity contribution is -0.148. The van der Waals surface area contributed by atoms with Crippen molar-refractivity contribution in [1.82, 2.24) is 14.9 Å². The second-order valence-corrected chi connectivity index (χ2v) is 5.95. The number of para-hydroxylation sites is 2. The molecule has 0 bridgehead atoms. The minimum Gasteiger partial charge on any atom is -0.462 e. The number of carbonyl (C=O) groups excluding carboxylic acids is 2. The molecule has 0 spiro atoms. The summed E-state index contributed by atoms with van der Waals surface area (Å²) in [4.78, 5) is 28.0. The highest BCUT2D eigenvalue weighted by Gasteiger charge is 2.15. The SMILES string of the molecule is CCC(=O)NCCCc1nc2ccccc2n1CC(=O)OC(C)C. The summed E-state index contributed by atoms with van der Waals surface area (Å²) < 4.78 is 7.16. The van der Waals surface area contributed by atoms with Crippen LogP contribution in [0.4, 0.5) is 0 Å². The van der Waals surface area contributed by atoms with Crippen LogP contribution in [0.2, 0.25) is 0 Å². The molecule has 1 heterocycles. The van der Waals surface area contributed by atoms with Crippen molar-refractivity contribution in [3.8, 4) is 0 Å². The molecule has 0 atom stereocenters. The smallest absolute Gasteiger partial charge is 0.326 e. The summed E-state index contributed by atoms with van der Waals surface area (Å²) in [6.45, 7) is 6.25. The van der Waals surface area contributed by atoms with E-state index in [0.29, 0.717) is 19.4 Å². The molecule has 0 aliphatic carbocycles. The van der Waals surface area contributed by atoms with Crippen LogP contribution in [-0.2, 0) is 27.3 Å². The molecular formula is C18H25N3O3. The van der Waals surface area contributed by atoms with Crippen LogP contribution in [0.5, 0.6) is 0 Å². The van der Waals surface area contributed by atoms with Gasteiger partial charge in [0.1, 0.15) is 12.4 Å². The summed E-state index contributed by atoms with van der Waals surface area (Å²) in [6, 6.07) is 7.74. The number of nitrogens with one attached hydrogen (secondary N) is 1. The summed E-state index contributed by atoms with van der Waals surface area (Å²) in [5.41, 5.74) is 1.79. The Morgan fingerprint density at radius 1 is 1.29 bits per heavy atom. The molecule has 6 heteroatoms. The Kier molecular flexibility index (Phi) is 6.35. The lowest BCUT2D eigenvalue weighted by Gasteiger charge is -2.11. The van der Waals surface area contributed by atoms with Crippen molar-refractivity contribution < 1.29 is 14.3 Å². The second kappa shape index (κ2) is 8.47.